The first-order valence-electron chi connectivity index (χ1n) is 7.05. The van der Waals surface area contributed by atoms with E-state index in [-0.39, 0.29) is 5.91 Å². The van der Waals surface area contributed by atoms with Gasteiger partial charge in [0.25, 0.3) is 0 Å². The number of nitrogens with one attached hydrogen (secondary N) is 1. The quantitative estimate of drug-likeness (QED) is 0.689. The molecule has 94 valence electrons. The Morgan fingerprint density at radius 1 is 1.12 bits per heavy atom. The SMILES string of the molecule is CCCCCC1CCC(C(=O)NCC)CC1. The van der Waals surface area contributed by atoms with Crippen LogP contribution in [0.3, 0.4) is 0 Å². The van der Waals surface area contributed by atoms with Crippen LogP contribution in [-0.4, -0.2) is 12.5 Å². The maximum atomic E-state index is 11.7. The summed E-state index contributed by atoms with van der Waals surface area (Å²) in [4.78, 5) is 11.7. The van der Waals surface area contributed by atoms with Crippen LogP contribution >= 0.6 is 0 Å². The van der Waals surface area contributed by atoms with Gasteiger partial charge in [0.05, 0.1) is 0 Å². The molecule has 1 rings (SSSR count). The average molecular weight is 225 g/mol. The molecule has 2 heteroatoms. The van der Waals surface area contributed by atoms with Crippen LogP contribution in [-0.2, 0) is 4.79 Å². The zero-order valence-electron chi connectivity index (χ0n) is 10.9. The maximum absolute atomic E-state index is 11.7. The Hall–Kier alpha value is -0.530. The zero-order valence-corrected chi connectivity index (χ0v) is 10.9. The second-order valence-electron chi connectivity index (χ2n) is 5.11. The van der Waals surface area contributed by atoms with E-state index >= 15 is 0 Å². The van der Waals surface area contributed by atoms with Gasteiger partial charge in [0.15, 0.2) is 0 Å². The molecule has 0 atom stereocenters. The molecule has 0 radical (unpaired) electrons. The lowest BCUT2D eigenvalue weighted by atomic mass is 9.79. The van der Waals surface area contributed by atoms with Crippen LogP contribution in [0.5, 0.6) is 0 Å². The van der Waals surface area contributed by atoms with Crippen molar-refractivity contribution in [3.05, 3.63) is 0 Å². The molecular weight excluding hydrogens is 198 g/mol. The first-order chi connectivity index (χ1) is 7.77. The molecular formula is C14H27NO. The molecule has 1 saturated carbocycles. The van der Waals surface area contributed by atoms with Crippen molar-refractivity contribution in [1.29, 1.82) is 0 Å². The molecule has 2 nitrogen and oxygen atoms in total. The lowest BCUT2D eigenvalue weighted by molar-refractivity contribution is -0.126. The highest BCUT2D eigenvalue weighted by molar-refractivity contribution is 5.78. The van der Waals surface area contributed by atoms with Gasteiger partial charge in [0.1, 0.15) is 0 Å². The maximum Gasteiger partial charge on any atom is 0.223 e. The van der Waals surface area contributed by atoms with Gasteiger partial charge in [-0.25, -0.2) is 0 Å². The van der Waals surface area contributed by atoms with Crippen molar-refractivity contribution in [2.45, 2.75) is 65.2 Å². The third-order valence-corrected chi connectivity index (χ3v) is 3.78. The van der Waals surface area contributed by atoms with Crippen LogP contribution in [0.25, 0.3) is 0 Å². The van der Waals surface area contributed by atoms with Crippen molar-refractivity contribution in [3.8, 4) is 0 Å². The Bertz CT molecular complexity index is 195. The minimum absolute atomic E-state index is 0.287. The second-order valence-corrected chi connectivity index (χ2v) is 5.11. The fourth-order valence-corrected chi connectivity index (χ4v) is 2.71. The molecule has 0 spiro atoms. The summed E-state index contributed by atoms with van der Waals surface area (Å²) in [5.74, 6) is 1.49. The third-order valence-electron chi connectivity index (χ3n) is 3.78. The minimum atomic E-state index is 0.287. The highest BCUT2D eigenvalue weighted by Crippen LogP contribution is 2.32. The van der Waals surface area contributed by atoms with Gasteiger partial charge in [-0.05, 0) is 38.5 Å². The summed E-state index contributed by atoms with van der Waals surface area (Å²) < 4.78 is 0. The fraction of sp³-hybridized carbons (Fsp3) is 0.929. The Balaban J connectivity index is 2.15. The normalized spacial score (nSPS) is 25.4. The van der Waals surface area contributed by atoms with Crippen molar-refractivity contribution in [2.24, 2.45) is 11.8 Å². The average Bonchev–Trinajstić information content (AvgIpc) is 2.30. The predicted octanol–water partition coefficient (Wildman–Crippen LogP) is 3.51. The molecule has 1 N–H and O–H groups in total. The largest absolute Gasteiger partial charge is 0.356 e. The molecule has 1 aliphatic rings. The molecule has 1 aliphatic carbocycles. The van der Waals surface area contributed by atoms with Crippen LogP contribution in [0.4, 0.5) is 0 Å². The highest BCUT2D eigenvalue weighted by atomic mass is 16.1. The highest BCUT2D eigenvalue weighted by Gasteiger charge is 2.25. The van der Waals surface area contributed by atoms with Crippen LogP contribution in [0.2, 0.25) is 0 Å². The van der Waals surface area contributed by atoms with Crippen molar-refractivity contribution < 1.29 is 4.79 Å². The Morgan fingerprint density at radius 3 is 2.38 bits per heavy atom. The summed E-state index contributed by atoms with van der Waals surface area (Å²) in [6.45, 7) is 5.02. The number of unbranched alkanes of at least 4 members (excludes halogenated alkanes) is 2. The molecule has 0 bridgehead atoms. The Labute approximate surface area is 100 Å². The van der Waals surface area contributed by atoms with Crippen LogP contribution < -0.4 is 5.32 Å². The van der Waals surface area contributed by atoms with Gasteiger partial charge in [-0.15, -0.1) is 0 Å². The first kappa shape index (κ1) is 13.5. The zero-order chi connectivity index (χ0) is 11.8. The molecule has 0 aromatic rings. The van der Waals surface area contributed by atoms with E-state index in [9.17, 15) is 4.79 Å². The number of hydrogen-bond acceptors (Lipinski definition) is 1. The van der Waals surface area contributed by atoms with Crippen molar-refractivity contribution >= 4 is 5.91 Å². The van der Waals surface area contributed by atoms with Gasteiger partial charge in [0.2, 0.25) is 5.91 Å². The van der Waals surface area contributed by atoms with E-state index in [0.717, 1.165) is 25.3 Å². The Morgan fingerprint density at radius 2 is 1.81 bits per heavy atom. The lowest BCUT2D eigenvalue weighted by Gasteiger charge is -2.27. The third kappa shape index (κ3) is 4.54. The van der Waals surface area contributed by atoms with Gasteiger partial charge in [0, 0.05) is 12.5 Å². The van der Waals surface area contributed by atoms with Crippen LogP contribution in [0.1, 0.15) is 65.2 Å². The minimum Gasteiger partial charge on any atom is -0.356 e. The number of hydrogen-bond donors (Lipinski definition) is 1. The predicted molar refractivity (Wildman–Crippen MR) is 68.3 cm³/mol. The topological polar surface area (TPSA) is 29.1 Å². The number of carbonyl (C=O) groups is 1. The molecule has 0 heterocycles. The molecule has 0 aliphatic heterocycles. The second kappa shape index (κ2) is 7.70. The number of rotatable bonds is 6. The van der Waals surface area contributed by atoms with E-state index in [1.807, 2.05) is 6.92 Å². The smallest absolute Gasteiger partial charge is 0.223 e. The summed E-state index contributed by atoms with van der Waals surface area (Å²) in [6.07, 6.45) is 10.2. The summed E-state index contributed by atoms with van der Waals surface area (Å²) in [5.41, 5.74) is 0. The molecule has 1 fully saturated rings. The van der Waals surface area contributed by atoms with Gasteiger partial charge in [-0.3, -0.25) is 4.79 Å². The van der Waals surface area contributed by atoms with Crippen molar-refractivity contribution in [2.75, 3.05) is 6.54 Å². The molecule has 0 saturated heterocycles. The summed E-state index contributed by atoms with van der Waals surface area (Å²) in [5, 5.41) is 2.94. The van der Waals surface area contributed by atoms with Gasteiger partial charge >= 0.3 is 0 Å². The van der Waals surface area contributed by atoms with Gasteiger partial charge < -0.3 is 5.32 Å². The van der Waals surface area contributed by atoms with E-state index in [4.69, 9.17) is 0 Å². The Kier molecular flexibility index (Phi) is 6.51. The number of carbonyl (C=O) groups excluding carboxylic acids is 1. The first-order valence-corrected chi connectivity index (χ1v) is 7.05. The lowest BCUT2D eigenvalue weighted by Crippen LogP contribution is -2.32. The fourth-order valence-electron chi connectivity index (χ4n) is 2.71. The number of amides is 1. The standard InChI is InChI=1S/C14H27NO/c1-3-5-6-7-12-8-10-13(11-9-12)14(16)15-4-2/h12-13H,3-11H2,1-2H3,(H,15,16). The monoisotopic (exact) mass is 225 g/mol. The van der Waals surface area contributed by atoms with Gasteiger partial charge in [-0.2, -0.15) is 0 Å². The van der Waals surface area contributed by atoms with E-state index in [0.29, 0.717) is 5.92 Å². The van der Waals surface area contributed by atoms with E-state index in [2.05, 4.69) is 12.2 Å². The molecule has 0 unspecified atom stereocenters. The van der Waals surface area contributed by atoms with Gasteiger partial charge in [-0.1, -0.05) is 32.6 Å². The summed E-state index contributed by atoms with van der Waals surface area (Å²) >= 11 is 0. The molecule has 1 amide bonds. The van der Waals surface area contributed by atoms with E-state index < -0.39 is 0 Å². The van der Waals surface area contributed by atoms with Crippen molar-refractivity contribution in [1.82, 2.24) is 5.32 Å². The van der Waals surface area contributed by atoms with E-state index in [1.165, 1.54) is 38.5 Å². The van der Waals surface area contributed by atoms with E-state index in [1.54, 1.807) is 0 Å². The molecule has 16 heavy (non-hydrogen) atoms. The van der Waals surface area contributed by atoms with Crippen LogP contribution in [0, 0.1) is 11.8 Å². The van der Waals surface area contributed by atoms with Crippen molar-refractivity contribution in [3.63, 3.8) is 0 Å². The molecule has 0 aromatic carbocycles. The summed E-state index contributed by atoms with van der Waals surface area (Å²) in [7, 11) is 0. The molecule has 0 aromatic heterocycles. The van der Waals surface area contributed by atoms with Crippen LogP contribution in [0.15, 0.2) is 0 Å². The summed E-state index contributed by atoms with van der Waals surface area (Å²) in [6, 6.07) is 0.